The molecule has 0 spiro atoms. The Labute approximate surface area is 143 Å². The minimum Gasteiger partial charge on any atom is -0.465 e. The summed E-state index contributed by atoms with van der Waals surface area (Å²) in [6.45, 7) is 0.205. The Kier molecular flexibility index (Phi) is 5.78. The van der Waals surface area contributed by atoms with E-state index < -0.39 is 12.2 Å². The fraction of sp³-hybridized carbons (Fsp3) is 0.118. The monoisotopic (exact) mass is 342 g/mol. The number of isothiocyanates is 1. The van der Waals surface area contributed by atoms with E-state index in [-0.39, 0.29) is 6.61 Å². The second-order valence-corrected chi connectivity index (χ2v) is 5.06. The molecule has 0 fully saturated rings. The number of hydrogen-bond acceptors (Lipinski definition) is 4. The van der Waals surface area contributed by atoms with E-state index >= 15 is 0 Å². The third-order valence-corrected chi connectivity index (χ3v) is 3.53. The van der Waals surface area contributed by atoms with Gasteiger partial charge in [-0.3, -0.25) is 0 Å². The first-order valence-electron chi connectivity index (χ1n) is 6.95. The molecule has 1 aliphatic rings. The van der Waals surface area contributed by atoms with E-state index in [2.05, 4.69) is 41.1 Å². The predicted octanol–water partition coefficient (Wildman–Crippen LogP) is 3.62. The van der Waals surface area contributed by atoms with Gasteiger partial charge in [0.25, 0.3) is 0 Å². The highest BCUT2D eigenvalue weighted by atomic mass is 32.1. The van der Waals surface area contributed by atoms with E-state index in [1.807, 2.05) is 29.4 Å². The number of amides is 2. The summed E-state index contributed by atoms with van der Waals surface area (Å²) in [5.41, 5.74) is 10.0. The summed E-state index contributed by atoms with van der Waals surface area (Å²) in [6.07, 6.45) is -1.16. The number of rotatable bonds is 2. The maximum absolute atomic E-state index is 11.2. The molecule has 0 atom stereocenters. The van der Waals surface area contributed by atoms with Gasteiger partial charge in [-0.1, -0.05) is 42.5 Å². The number of fused-ring (bicyclic) bond motifs is 3. The minimum atomic E-state index is -1.33. The highest BCUT2D eigenvalue weighted by Gasteiger charge is 2.20. The van der Waals surface area contributed by atoms with Gasteiger partial charge < -0.3 is 15.6 Å². The van der Waals surface area contributed by atoms with Crippen molar-refractivity contribution in [1.82, 2.24) is 0 Å². The first-order chi connectivity index (χ1) is 11.5. The molecule has 1 aliphatic carbocycles. The van der Waals surface area contributed by atoms with Gasteiger partial charge in [-0.25, -0.2) is 9.59 Å². The molecule has 0 heterocycles. The van der Waals surface area contributed by atoms with Crippen molar-refractivity contribution < 1.29 is 19.4 Å². The molecule has 122 valence electrons. The van der Waals surface area contributed by atoms with Crippen LogP contribution in [0.25, 0.3) is 11.1 Å². The van der Waals surface area contributed by atoms with Crippen LogP contribution in [-0.4, -0.2) is 22.5 Å². The van der Waals surface area contributed by atoms with E-state index in [9.17, 15) is 4.79 Å². The number of nitrogens with two attached hydrogens (primary N) is 1. The number of carbonyl (C=O) groups is 2. The number of nitrogens with zero attached hydrogens (tertiary/aromatic N) is 1. The highest BCUT2D eigenvalue weighted by Crippen LogP contribution is 2.38. The van der Waals surface area contributed by atoms with Gasteiger partial charge >= 0.3 is 12.2 Å². The van der Waals surface area contributed by atoms with E-state index in [0.717, 1.165) is 12.0 Å². The molecular formula is C17H14N2O4S. The van der Waals surface area contributed by atoms with E-state index in [0.29, 0.717) is 0 Å². The summed E-state index contributed by atoms with van der Waals surface area (Å²) in [6, 6.07) is 14.4. The largest absolute Gasteiger partial charge is 0.465 e. The molecule has 0 aliphatic heterocycles. The fourth-order valence-electron chi connectivity index (χ4n) is 2.57. The van der Waals surface area contributed by atoms with Gasteiger partial charge in [0.1, 0.15) is 6.61 Å². The summed E-state index contributed by atoms with van der Waals surface area (Å²) in [5.74, 6) is 0. The summed E-state index contributed by atoms with van der Waals surface area (Å²) in [7, 11) is 0. The van der Waals surface area contributed by atoms with Crippen molar-refractivity contribution in [1.29, 1.82) is 0 Å². The van der Waals surface area contributed by atoms with Crippen molar-refractivity contribution in [2.45, 2.75) is 13.0 Å². The summed E-state index contributed by atoms with van der Waals surface area (Å²) >= 11 is 4.37. The average molecular weight is 342 g/mol. The van der Waals surface area contributed by atoms with E-state index in [1.54, 1.807) is 0 Å². The molecule has 3 N–H and O–H groups in total. The van der Waals surface area contributed by atoms with Crippen LogP contribution in [0.1, 0.15) is 16.7 Å². The molecule has 2 aromatic rings. The number of thiocarbonyl (C=S) groups is 1. The highest BCUT2D eigenvalue weighted by molar-refractivity contribution is 7.78. The molecule has 0 unspecified atom stereocenters. The second kappa shape index (κ2) is 8.01. The average Bonchev–Trinajstić information content (AvgIpc) is 2.92. The first kappa shape index (κ1) is 17.3. The lowest BCUT2D eigenvalue weighted by Crippen LogP contribution is -2.03. The number of primary amides is 1. The Morgan fingerprint density at radius 1 is 1.21 bits per heavy atom. The van der Waals surface area contributed by atoms with Gasteiger partial charge in [-0.05, 0) is 46.5 Å². The van der Waals surface area contributed by atoms with Crippen LogP contribution in [0.5, 0.6) is 0 Å². The fourth-order valence-corrected chi connectivity index (χ4v) is 2.64. The van der Waals surface area contributed by atoms with E-state index in [4.69, 9.17) is 14.6 Å². The number of aliphatic imine (C=N–C) groups is 1. The van der Waals surface area contributed by atoms with Crippen molar-refractivity contribution in [3.05, 3.63) is 59.2 Å². The Bertz CT molecular complexity index is 825. The van der Waals surface area contributed by atoms with Crippen LogP contribution >= 0.6 is 12.2 Å². The number of benzene rings is 2. The minimum absolute atomic E-state index is 0.205. The molecule has 0 radical (unpaired) electrons. The van der Waals surface area contributed by atoms with Gasteiger partial charge in [0, 0.05) is 0 Å². The third kappa shape index (κ3) is 4.25. The number of ether oxygens (including phenoxy) is 1. The molecular weight excluding hydrogens is 328 g/mol. The van der Waals surface area contributed by atoms with Gasteiger partial charge in [0.15, 0.2) is 0 Å². The molecule has 7 heteroatoms. The van der Waals surface area contributed by atoms with Gasteiger partial charge in [0.05, 0.1) is 5.16 Å². The van der Waals surface area contributed by atoms with Crippen LogP contribution in [0.3, 0.4) is 0 Å². The quantitative estimate of drug-likeness (QED) is 0.547. The normalized spacial score (nSPS) is 10.3. The lowest BCUT2D eigenvalue weighted by molar-refractivity contribution is 0.151. The number of hydrogen-bond donors (Lipinski definition) is 2. The van der Waals surface area contributed by atoms with Crippen molar-refractivity contribution in [3.63, 3.8) is 0 Å². The first-order valence-corrected chi connectivity index (χ1v) is 7.35. The predicted molar refractivity (Wildman–Crippen MR) is 92.1 cm³/mol. The Hall–Kier alpha value is -3.02. The summed E-state index contributed by atoms with van der Waals surface area (Å²) in [5, 5.41) is 9.20. The van der Waals surface area contributed by atoms with Crippen LogP contribution in [0, 0.1) is 0 Å². The second-order valence-electron chi connectivity index (χ2n) is 4.87. The van der Waals surface area contributed by atoms with Gasteiger partial charge in [-0.15, -0.1) is 4.99 Å². The lowest BCUT2D eigenvalue weighted by Gasteiger charge is -2.07. The molecule has 24 heavy (non-hydrogen) atoms. The standard InChI is InChI=1S/C16H11NO2S.CH3NO2/c18-16(17-10-20)19-9-12-5-3-7-14-13-6-2-1-4-11(13)8-15(12)14;2-1(3)4/h1-7H,8-9H2;2H2,(H,3,4). The topological polar surface area (TPSA) is 102 Å². The van der Waals surface area contributed by atoms with Crippen molar-refractivity contribution in [2.24, 2.45) is 10.7 Å². The Morgan fingerprint density at radius 2 is 1.88 bits per heavy atom. The van der Waals surface area contributed by atoms with Crippen molar-refractivity contribution in [3.8, 4) is 11.1 Å². The molecule has 3 rings (SSSR count). The Balaban J connectivity index is 0.000000471. The molecule has 0 saturated heterocycles. The maximum Gasteiger partial charge on any atom is 0.442 e. The Morgan fingerprint density at radius 3 is 2.58 bits per heavy atom. The summed E-state index contributed by atoms with van der Waals surface area (Å²) < 4.78 is 5.06. The van der Waals surface area contributed by atoms with Gasteiger partial charge in [0.2, 0.25) is 0 Å². The van der Waals surface area contributed by atoms with Crippen LogP contribution < -0.4 is 5.73 Å². The molecule has 0 aromatic heterocycles. The van der Waals surface area contributed by atoms with Crippen LogP contribution in [0.2, 0.25) is 0 Å². The maximum atomic E-state index is 11.2. The molecule has 2 amide bonds. The van der Waals surface area contributed by atoms with E-state index in [1.165, 1.54) is 22.3 Å². The lowest BCUT2D eigenvalue weighted by atomic mass is 10.0. The number of carboxylic acid groups (broad SMARTS) is 1. The zero-order valence-corrected chi connectivity index (χ0v) is 13.4. The smallest absolute Gasteiger partial charge is 0.442 e. The number of carbonyl (C=O) groups excluding carboxylic acids is 1. The molecule has 0 saturated carbocycles. The van der Waals surface area contributed by atoms with Crippen molar-refractivity contribution >= 4 is 29.6 Å². The van der Waals surface area contributed by atoms with Crippen LogP contribution in [-0.2, 0) is 17.8 Å². The SMILES string of the molecule is NC(=O)O.O=C(N=C=S)OCc1cccc2c1Cc1ccccc1-2. The third-order valence-electron chi connectivity index (χ3n) is 3.44. The van der Waals surface area contributed by atoms with Gasteiger partial charge in [-0.2, -0.15) is 0 Å². The molecule has 6 nitrogen and oxygen atoms in total. The van der Waals surface area contributed by atoms with Crippen LogP contribution in [0.4, 0.5) is 9.59 Å². The van der Waals surface area contributed by atoms with Crippen molar-refractivity contribution in [2.75, 3.05) is 0 Å². The zero-order chi connectivity index (χ0) is 17.5. The molecule has 0 bridgehead atoms. The van der Waals surface area contributed by atoms with Crippen LogP contribution in [0.15, 0.2) is 47.5 Å². The zero-order valence-electron chi connectivity index (χ0n) is 12.6. The summed E-state index contributed by atoms with van der Waals surface area (Å²) in [4.78, 5) is 23.3. The molecule has 2 aromatic carbocycles.